The molecule has 0 saturated carbocycles. The minimum atomic E-state index is -0.432. The smallest absolute Gasteiger partial charge is 0.251 e. The molecule has 0 aliphatic rings. The van der Waals surface area contributed by atoms with Crippen molar-refractivity contribution in [2.45, 2.75) is 39.3 Å². The number of carbonyl (C=O) groups excluding carboxylic acids is 1. The second-order valence-electron chi connectivity index (χ2n) is 7.83. The largest absolute Gasteiger partial charge is 0.487 e. The lowest BCUT2D eigenvalue weighted by Crippen LogP contribution is -2.52. The molecule has 3 aromatic rings. The first kappa shape index (κ1) is 25.8. The zero-order valence-electron chi connectivity index (χ0n) is 17.5. The molecule has 1 aromatic carbocycles. The van der Waals surface area contributed by atoms with Crippen LogP contribution in [-0.2, 0) is 6.61 Å². The van der Waals surface area contributed by atoms with Crippen LogP contribution in [0, 0.1) is 5.92 Å². The van der Waals surface area contributed by atoms with Crippen molar-refractivity contribution in [2.24, 2.45) is 11.7 Å². The number of nitrogens with one attached hydrogen (secondary N) is 1. The summed E-state index contributed by atoms with van der Waals surface area (Å²) >= 11 is 0. The Bertz CT molecular complexity index is 928. The molecule has 2 heterocycles. The molecule has 30 heavy (non-hydrogen) atoms. The molecule has 0 aliphatic carbocycles. The van der Waals surface area contributed by atoms with Gasteiger partial charge >= 0.3 is 0 Å². The van der Waals surface area contributed by atoms with Crippen LogP contribution in [0.3, 0.4) is 0 Å². The van der Waals surface area contributed by atoms with Crippen LogP contribution in [0.25, 0.3) is 5.65 Å². The summed E-state index contributed by atoms with van der Waals surface area (Å²) in [6.45, 7) is 6.94. The number of pyridine rings is 1. The number of nitrogens with zero attached hydrogens (tertiary/aromatic N) is 2. The Morgan fingerprint density at radius 2 is 2.00 bits per heavy atom. The maximum atomic E-state index is 12.7. The second kappa shape index (κ2) is 11.2. The lowest BCUT2D eigenvalue weighted by Gasteiger charge is -2.31. The highest BCUT2D eigenvalue weighted by molar-refractivity contribution is 5.95. The molecular weight excluding hydrogens is 423 g/mol. The van der Waals surface area contributed by atoms with Gasteiger partial charge in [0.1, 0.15) is 18.0 Å². The first-order valence-electron chi connectivity index (χ1n) is 9.56. The predicted molar refractivity (Wildman–Crippen MR) is 125 cm³/mol. The van der Waals surface area contributed by atoms with Crippen molar-refractivity contribution in [3.8, 4) is 5.75 Å². The number of amides is 1. The van der Waals surface area contributed by atoms with Crippen LogP contribution in [0.15, 0.2) is 54.9 Å². The standard InChI is InChI=1S/C22H28N4O2.2ClH/c1-16(2)12-22(3,15-23)25-21(27)17-7-6-8-19(11-17)28-14-18-13-26-10-5-4-9-20(26)24-18;;/h4-11,13,16H,12,14-15,23H2,1-3H3,(H,25,27);2*1H. The second-order valence-corrected chi connectivity index (χ2v) is 7.83. The van der Waals surface area contributed by atoms with Crippen LogP contribution >= 0.6 is 24.8 Å². The number of ether oxygens (including phenoxy) is 1. The Kier molecular flexibility index (Phi) is 9.62. The molecule has 1 amide bonds. The van der Waals surface area contributed by atoms with Crippen molar-refractivity contribution in [3.05, 3.63) is 66.1 Å². The van der Waals surface area contributed by atoms with Gasteiger partial charge in [-0.05, 0) is 49.6 Å². The molecule has 0 aliphatic heterocycles. The lowest BCUT2D eigenvalue weighted by atomic mass is 9.90. The topological polar surface area (TPSA) is 81.6 Å². The number of hydrogen-bond acceptors (Lipinski definition) is 4. The molecule has 3 rings (SSSR count). The van der Waals surface area contributed by atoms with Crippen molar-refractivity contribution in [1.29, 1.82) is 0 Å². The van der Waals surface area contributed by atoms with Gasteiger partial charge < -0.3 is 20.2 Å². The molecule has 6 nitrogen and oxygen atoms in total. The third-order valence-corrected chi connectivity index (χ3v) is 4.62. The van der Waals surface area contributed by atoms with E-state index in [1.165, 1.54) is 0 Å². The van der Waals surface area contributed by atoms with Gasteiger partial charge in [-0.3, -0.25) is 4.79 Å². The number of hydrogen-bond donors (Lipinski definition) is 2. The number of nitrogens with two attached hydrogens (primary N) is 1. The van der Waals surface area contributed by atoms with Gasteiger partial charge in [-0.2, -0.15) is 0 Å². The number of imidazole rings is 1. The zero-order chi connectivity index (χ0) is 20.1. The molecule has 164 valence electrons. The minimum Gasteiger partial charge on any atom is -0.487 e. The van der Waals surface area contributed by atoms with Crippen LogP contribution in [0.4, 0.5) is 0 Å². The number of carbonyl (C=O) groups is 1. The average molecular weight is 453 g/mol. The van der Waals surface area contributed by atoms with Gasteiger partial charge in [0.2, 0.25) is 0 Å². The van der Waals surface area contributed by atoms with E-state index in [0.29, 0.717) is 30.4 Å². The van der Waals surface area contributed by atoms with E-state index in [0.717, 1.165) is 17.8 Å². The molecule has 1 atom stereocenters. The molecule has 0 fully saturated rings. The van der Waals surface area contributed by atoms with Crippen LogP contribution in [-0.4, -0.2) is 27.4 Å². The summed E-state index contributed by atoms with van der Waals surface area (Å²) < 4.78 is 7.80. The Labute approximate surface area is 190 Å². The predicted octanol–water partition coefficient (Wildman–Crippen LogP) is 4.25. The van der Waals surface area contributed by atoms with E-state index in [2.05, 4.69) is 24.1 Å². The van der Waals surface area contributed by atoms with E-state index >= 15 is 0 Å². The molecule has 0 spiro atoms. The quantitative estimate of drug-likeness (QED) is 0.534. The monoisotopic (exact) mass is 452 g/mol. The summed E-state index contributed by atoms with van der Waals surface area (Å²) in [6, 6.07) is 13.0. The Morgan fingerprint density at radius 1 is 1.23 bits per heavy atom. The first-order chi connectivity index (χ1) is 13.4. The fourth-order valence-electron chi connectivity index (χ4n) is 3.37. The number of benzene rings is 1. The lowest BCUT2D eigenvalue weighted by molar-refractivity contribution is 0.0897. The van der Waals surface area contributed by atoms with Crippen LogP contribution < -0.4 is 15.8 Å². The van der Waals surface area contributed by atoms with Gasteiger partial charge in [-0.15, -0.1) is 24.8 Å². The van der Waals surface area contributed by atoms with E-state index in [1.807, 2.05) is 54.0 Å². The van der Waals surface area contributed by atoms with E-state index in [-0.39, 0.29) is 30.7 Å². The van der Waals surface area contributed by atoms with Gasteiger partial charge in [0, 0.05) is 30.0 Å². The van der Waals surface area contributed by atoms with Crippen molar-refractivity contribution in [1.82, 2.24) is 14.7 Å². The van der Waals surface area contributed by atoms with Crippen LogP contribution in [0.5, 0.6) is 5.75 Å². The average Bonchev–Trinajstić information content (AvgIpc) is 3.09. The molecule has 3 N–H and O–H groups in total. The summed E-state index contributed by atoms with van der Waals surface area (Å²) in [5.74, 6) is 0.920. The summed E-state index contributed by atoms with van der Waals surface area (Å²) in [7, 11) is 0. The van der Waals surface area contributed by atoms with Gasteiger partial charge in [-0.25, -0.2) is 4.98 Å². The highest BCUT2D eigenvalue weighted by atomic mass is 35.5. The Morgan fingerprint density at radius 3 is 2.67 bits per heavy atom. The molecule has 0 bridgehead atoms. The Hall–Kier alpha value is -2.28. The number of aromatic nitrogens is 2. The van der Waals surface area contributed by atoms with E-state index in [9.17, 15) is 4.79 Å². The van der Waals surface area contributed by atoms with Crippen LogP contribution in [0.1, 0.15) is 43.2 Å². The van der Waals surface area contributed by atoms with Gasteiger partial charge in [-0.1, -0.05) is 26.0 Å². The van der Waals surface area contributed by atoms with Gasteiger partial charge in [0.05, 0.1) is 5.69 Å². The fraction of sp³-hybridized carbons (Fsp3) is 0.364. The van der Waals surface area contributed by atoms with Gasteiger partial charge in [0.15, 0.2) is 0 Å². The van der Waals surface area contributed by atoms with Crippen molar-refractivity contribution >= 4 is 36.4 Å². The zero-order valence-corrected chi connectivity index (χ0v) is 19.1. The van der Waals surface area contributed by atoms with Gasteiger partial charge in [0.25, 0.3) is 5.91 Å². The maximum Gasteiger partial charge on any atom is 0.251 e. The van der Waals surface area contributed by atoms with E-state index in [1.54, 1.807) is 12.1 Å². The number of rotatable bonds is 8. The van der Waals surface area contributed by atoms with E-state index < -0.39 is 5.54 Å². The van der Waals surface area contributed by atoms with Crippen molar-refractivity contribution < 1.29 is 9.53 Å². The molecule has 2 aromatic heterocycles. The minimum absolute atomic E-state index is 0. The number of halogens is 2. The summed E-state index contributed by atoms with van der Waals surface area (Å²) in [4.78, 5) is 17.2. The summed E-state index contributed by atoms with van der Waals surface area (Å²) in [5, 5.41) is 3.07. The first-order valence-corrected chi connectivity index (χ1v) is 9.56. The Balaban J connectivity index is 0.00000225. The summed E-state index contributed by atoms with van der Waals surface area (Å²) in [6.07, 6.45) is 4.70. The molecule has 0 saturated heterocycles. The molecular formula is C22H30Cl2N4O2. The molecule has 8 heteroatoms. The third-order valence-electron chi connectivity index (χ3n) is 4.62. The molecule has 1 unspecified atom stereocenters. The van der Waals surface area contributed by atoms with Crippen molar-refractivity contribution in [2.75, 3.05) is 6.54 Å². The maximum absolute atomic E-state index is 12.7. The normalized spacial score (nSPS) is 12.6. The fourth-order valence-corrected chi connectivity index (χ4v) is 3.37. The van der Waals surface area contributed by atoms with Crippen LogP contribution in [0.2, 0.25) is 0 Å². The number of fused-ring (bicyclic) bond motifs is 1. The SMILES string of the molecule is CC(C)CC(C)(CN)NC(=O)c1cccc(OCc2cn3ccccc3n2)c1.Cl.Cl. The highest BCUT2D eigenvalue weighted by Crippen LogP contribution is 2.19. The molecule has 0 radical (unpaired) electrons. The third kappa shape index (κ3) is 6.62. The van der Waals surface area contributed by atoms with Crippen molar-refractivity contribution in [3.63, 3.8) is 0 Å². The highest BCUT2D eigenvalue weighted by Gasteiger charge is 2.26. The van der Waals surface area contributed by atoms with E-state index in [4.69, 9.17) is 10.5 Å². The summed E-state index contributed by atoms with van der Waals surface area (Å²) in [5.41, 5.74) is 7.73.